The van der Waals surface area contributed by atoms with Gasteiger partial charge in [-0.15, -0.1) is 0 Å². The number of carbonyl (C=O) groups excluding carboxylic acids is 4. The Hall–Kier alpha value is -12.6. The number of hydrogen-bond acceptors (Lipinski definition) is 14. The number of benzene rings is 12. The molecule has 0 N–H and O–H groups in total. The van der Waals surface area contributed by atoms with E-state index in [1.807, 2.05) is 171 Å². The number of imide groups is 2. The molecule has 488 valence electrons. The summed E-state index contributed by atoms with van der Waals surface area (Å²) in [6.45, 7) is 0.0829. The van der Waals surface area contributed by atoms with Gasteiger partial charge in [0, 0.05) is 117 Å². The van der Waals surface area contributed by atoms with E-state index in [9.17, 15) is 19.2 Å². The van der Waals surface area contributed by atoms with E-state index in [1.165, 1.54) is 9.80 Å². The quantitative estimate of drug-likeness (QED) is 0.0849. The van der Waals surface area contributed by atoms with E-state index in [-0.39, 0.29) is 49.9 Å². The van der Waals surface area contributed by atoms with Crippen molar-refractivity contribution in [2.45, 2.75) is 11.3 Å². The fraction of sp³-hybridized carbons (Fsp3) is 0.143. The van der Waals surface area contributed by atoms with E-state index >= 15 is 0 Å². The molecule has 0 aromatic heterocycles. The number of amides is 4. The van der Waals surface area contributed by atoms with E-state index in [4.69, 9.17) is 38.9 Å². The third-order valence-corrected chi connectivity index (χ3v) is 19.9. The van der Waals surface area contributed by atoms with E-state index < -0.39 is 11.3 Å². The molecule has 0 saturated carbocycles. The zero-order valence-electron chi connectivity index (χ0n) is 55.6. The van der Waals surface area contributed by atoms with Gasteiger partial charge in [0.05, 0.1) is 50.2 Å². The van der Waals surface area contributed by atoms with E-state index in [0.29, 0.717) is 90.0 Å². The molecule has 0 radical (unpaired) electrons. The number of aliphatic imine (C=N–C) groups is 4. The van der Waals surface area contributed by atoms with Crippen LogP contribution in [0, 0.1) is 0 Å². The lowest BCUT2D eigenvalue weighted by Gasteiger charge is -2.44. The van der Waals surface area contributed by atoms with Gasteiger partial charge in [0.1, 0.15) is 36.2 Å². The minimum absolute atomic E-state index is 0.0132. The highest BCUT2D eigenvalue weighted by Crippen LogP contribution is 2.63. The molecule has 1 aliphatic carbocycles. The van der Waals surface area contributed by atoms with Gasteiger partial charge in [0.15, 0.2) is 0 Å². The standard InChI is InChI=1S/C84H64N8O8/c1-89(2)69-43-39-65-71-61(69)17-11-19-63(71)79(93)91(81(65)95)45-47-99-57-35-25-53(26-36-57)77-78(54-27-37-58(38-28-54)100-48-46-92-80(94)64-20-12-18-62-70(90(3)4)44-40-66(72(62)64)82(92)96)88-84(87-77)68-42-30-50-14-8-10-16-60(50)74(68)73-59-15-9-7-13-49(59)29-41-67(73)83(84)85-75(51-21-31-55(97-5)32-22-51)76(86-83)52-23-33-56(98-6)34-24-52/h7-44H,45-48H2,1-6H3. The minimum Gasteiger partial charge on any atom is -0.497 e. The fourth-order valence-corrected chi connectivity index (χ4v) is 15.2. The number of rotatable bonds is 16. The fourth-order valence-electron chi connectivity index (χ4n) is 15.2. The topological polar surface area (TPSA) is 168 Å². The van der Waals surface area contributed by atoms with Crippen molar-refractivity contribution in [3.8, 4) is 34.1 Å². The molecule has 0 saturated heterocycles. The van der Waals surface area contributed by atoms with Crippen molar-refractivity contribution in [1.29, 1.82) is 0 Å². The third-order valence-electron chi connectivity index (χ3n) is 19.9. The van der Waals surface area contributed by atoms with Crippen molar-refractivity contribution in [1.82, 2.24) is 9.80 Å². The highest BCUT2D eigenvalue weighted by atomic mass is 16.5. The molecule has 0 atom stereocenters. The summed E-state index contributed by atoms with van der Waals surface area (Å²) in [5, 5.41) is 7.09. The van der Waals surface area contributed by atoms with Gasteiger partial charge in [-0.05, 0) is 166 Å². The first-order valence-electron chi connectivity index (χ1n) is 33.1. The molecule has 16 nitrogen and oxygen atoms in total. The molecule has 2 spiro atoms. The van der Waals surface area contributed by atoms with Gasteiger partial charge in [-0.2, -0.15) is 0 Å². The zero-order valence-corrected chi connectivity index (χ0v) is 55.6. The van der Waals surface area contributed by atoms with Crippen LogP contribution in [-0.2, 0) is 11.3 Å². The molecule has 0 fully saturated rings. The molecule has 4 aliphatic heterocycles. The Morgan fingerprint density at radius 1 is 0.340 bits per heavy atom. The molecule has 0 unspecified atom stereocenters. The van der Waals surface area contributed by atoms with Crippen molar-refractivity contribution < 1.29 is 38.1 Å². The van der Waals surface area contributed by atoms with E-state index in [2.05, 4.69) is 72.8 Å². The van der Waals surface area contributed by atoms with Crippen LogP contribution in [0.4, 0.5) is 11.4 Å². The first kappa shape index (κ1) is 61.1. The smallest absolute Gasteiger partial charge is 0.261 e. The molecular weight excluding hydrogens is 1250 g/mol. The summed E-state index contributed by atoms with van der Waals surface area (Å²) in [6.07, 6.45) is 0. The maximum Gasteiger partial charge on any atom is 0.261 e. The summed E-state index contributed by atoms with van der Waals surface area (Å²) in [5.41, 5.74) is 9.30. The van der Waals surface area contributed by atoms with Crippen LogP contribution in [0.1, 0.15) is 74.8 Å². The highest BCUT2D eigenvalue weighted by molar-refractivity contribution is 6.56. The minimum atomic E-state index is -1.65. The molecule has 17 rings (SSSR count). The molecule has 4 amide bonds. The normalized spacial score (nSPS) is 15.3. The first-order chi connectivity index (χ1) is 48.8. The van der Waals surface area contributed by atoms with Crippen molar-refractivity contribution in [2.75, 3.05) is 78.5 Å². The van der Waals surface area contributed by atoms with Gasteiger partial charge in [0.2, 0.25) is 11.3 Å². The molecule has 4 heterocycles. The Bertz CT molecular complexity index is 5320. The lowest BCUT2D eigenvalue weighted by atomic mass is 9.69. The SMILES string of the molecule is COc1ccc(C2=NC3(N=C2c2ccc(OC)cc2)c2ccc4ccccc4c2-c2c(ccc4ccccc24)C32N=C(c3ccc(OCCN4C(=O)c5cccc6c(N(C)C)ccc(c56)C4=O)cc3)C(c3ccc(OCCN4C(=O)c5cccc6c(N(C)C)ccc(c56)C4=O)cc3)=N2)cc1. The molecule has 5 aliphatic rings. The highest BCUT2D eigenvalue weighted by Gasteiger charge is 2.64. The van der Waals surface area contributed by atoms with Crippen LogP contribution < -0.4 is 28.7 Å². The lowest BCUT2D eigenvalue weighted by molar-refractivity contribution is 0.0573. The van der Waals surface area contributed by atoms with Crippen molar-refractivity contribution in [2.24, 2.45) is 20.0 Å². The van der Waals surface area contributed by atoms with Crippen LogP contribution >= 0.6 is 0 Å². The van der Waals surface area contributed by atoms with Crippen LogP contribution in [0.3, 0.4) is 0 Å². The molecule has 100 heavy (non-hydrogen) atoms. The Balaban J connectivity index is 0.792. The van der Waals surface area contributed by atoms with E-state index in [0.717, 1.165) is 77.1 Å². The van der Waals surface area contributed by atoms with Gasteiger partial charge < -0.3 is 28.7 Å². The summed E-state index contributed by atoms with van der Waals surface area (Å²) < 4.78 is 24.3. The van der Waals surface area contributed by atoms with Gasteiger partial charge in [-0.1, -0.05) is 97.1 Å². The van der Waals surface area contributed by atoms with E-state index in [1.54, 1.807) is 38.5 Å². The number of hydrogen-bond donors (Lipinski definition) is 0. The maximum absolute atomic E-state index is 14.2. The zero-order chi connectivity index (χ0) is 68.3. The monoisotopic (exact) mass is 1310 g/mol. The molecule has 16 heteroatoms. The Labute approximate surface area is 576 Å². The lowest BCUT2D eigenvalue weighted by Crippen LogP contribution is -2.46. The van der Waals surface area contributed by atoms with Crippen molar-refractivity contribution in [3.63, 3.8) is 0 Å². The summed E-state index contributed by atoms with van der Waals surface area (Å²) in [4.78, 5) is 87.5. The Morgan fingerprint density at radius 2 is 0.660 bits per heavy atom. The van der Waals surface area contributed by atoms with Crippen LogP contribution in [0.15, 0.2) is 250 Å². The van der Waals surface area contributed by atoms with Crippen molar-refractivity contribution >= 4 is 101 Å². The number of methoxy groups -OCH3 is 2. The average Bonchev–Trinajstić information content (AvgIpc) is 1.43. The second-order valence-corrected chi connectivity index (χ2v) is 25.8. The van der Waals surface area contributed by atoms with Crippen LogP contribution in [-0.4, -0.2) is 125 Å². The van der Waals surface area contributed by atoms with Crippen LogP contribution in [0.5, 0.6) is 23.0 Å². The molecular formula is C84H64N8O8. The molecule has 12 aromatic carbocycles. The Morgan fingerprint density at radius 3 is 1.00 bits per heavy atom. The van der Waals surface area contributed by atoms with Gasteiger partial charge >= 0.3 is 0 Å². The number of ether oxygens (including phenoxy) is 4. The summed E-state index contributed by atoms with van der Waals surface area (Å²) >= 11 is 0. The largest absolute Gasteiger partial charge is 0.497 e. The second kappa shape index (κ2) is 23.6. The van der Waals surface area contributed by atoms with Gasteiger partial charge in [-0.3, -0.25) is 29.0 Å². The van der Waals surface area contributed by atoms with Crippen LogP contribution in [0.2, 0.25) is 0 Å². The third kappa shape index (κ3) is 9.41. The number of fused-ring (bicyclic) bond motifs is 10. The Kier molecular flexibility index (Phi) is 14.4. The average molecular weight is 1310 g/mol. The first-order valence-corrected chi connectivity index (χ1v) is 33.1. The van der Waals surface area contributed by atoms with Crippen LogP contribution in [0.25, 0.3) is 54.2 Å². The number of carbonyl (C=O) groups is 4. The number of anilines is 2. The van der Waals surface area contributed by atoms with Gasteiger partial charge in [0.25, 0.3) is 23.6 Å². The predicted molar refractivity (Wildman–Crippen MR) is 394 cm³/mol. The summed E-state index contributed by atoms with van der Waals surface area (Å²) in [6, 6.07) is 74.9. The predicted octanol–water partition coefficient (Wildman–Crippen LogP) is 14.8. The molecule has 0 bridgehead atoms. The number of nitrogens with zero attached hydrogens (tertiary/aromatic N) is 8. The second-order valence-electron chi connectivity index (χ2n) is 25.8. The van der Waals surface area contributed by atoms with Gasteiger partial charge in [-0.25, -0.2) is 20.0 Å². The summed E-state index contributed by atoms with van der Waals surface area (Å²) in [7, 11) is 11.1. The maximum atomic E-state index is 14.2. The summed E-state index contributed by atoms with van der Waals surface area (Å²) in [5.74, 6) is 0.881. The van der Waals surface area contributed by atoms with Crippen molar-refractivity contribution in [3.05, 3.63) is 286 Å². The molecule has 12 aromatic rings.